The molecule has 0 bridgehead atoms. The van der Waals surface area contributed by atoms with E-state index in [0.29, 0.717) is 36.4 Å². The zero-order valence-corrected chi connectivity index (χ0v) is 19.0. The largest absolute Gasteiger partial charge is 0.325 e. The molecule has 1 aromatic heterocycles. The molecule has 31 heavy (non-hydrogen) atoms. The van der Waals surface area contributed by atoms with Crippen LogP contribution in [0, 0.1) is 0 Å². The smallest absolute Gasteiger partial charge is 0.243 e. The Bertz CT molecular complexity index is 1060. The summed E-state index contributed by atoms with van der Waals surface area (Å²) in [6, 6.07) is 6.45. The predicted octanol–water partition coefficient (Wildman–Crippen LogP) is 3.25. The molecule has 2 aliphatic rings. The molecule has 2 aromatic rings. The first-order valence-corrected chi connectivity index (χ1v) is 13.0. The molecule has 1 aliphatic carbocycles. The van der Waals surface area contributed by atoms with E-state index in [1.54, 1.807) is 24.3 Å². The van der Waals surface area contributed by atoms with Gasteiger partial charge in [-0.25, -0.2) is 8.42 Å². The fourth-order valence-corrected chi connectivity index (χ4v) is 5.99. The van der Waals surface area contributed by atoms with Crippen LogP contribution in [-0.4, -0.2) is 52.2 Å². The van der Waals surface area contributed by atoms with Crippen LogP contribution in [0.15, 0.2) is 47.0 Å². The Kier molecular flexibility index (Phi) is 6.78. The lowest BCUT2D eigenvalue weighted by Gasteiger charge is -2.26. The van der Waals surface area contributed by atoms with Crippen LogP contribution in [0.4, 0.5) is 5.69 Å². The quantitative estimate of drug-likeness (QED) is 0.455. The van der Waals surface area contributed by atoms with Crippen molar-refractivity contribution in [3.63, 3.8) is 0 Å². The molecule has 8 nitrogen and oxygen atoms in total. The summed E-state index contributed by atoms with van der Waals surface area (Å²) >= 11 is 1.32. The second kappa shape index (κ2) is 9.54. The van der Waals surface area contributed by atoms with Gasteiger partial charge in [0.2, 0.25) is 15.9 Å². The molecule has 0 atom stereocenters. The molecule has 0 unspecified atom stereocenters. The van der Waals surface area contributed by atoms with Crippen LogP contribution in [0.2, 0.25) is 0 Å². The Morgan fingerprint density at radius 3 is 2.71 bits per heavy atom. The fraction of sp³-hybridized carbons (Fsp3) is 0.476. The minimum Gasteiger partial charge on any atom is -0.325 e. The first-order chi connectivity index (χ1) is 15.0. The van der Waals surface area contributed by atoms with E-state index >= 15 is 0 Å². The molecule has 1 aliphatic heterocycles. The van der Waals surface area contributed by atoms with Gasteiger partial charge in [0.05, 0.1) is 10.6 Å². The first kappa shape index (κ1) is 22.0. The maximum atomic E-state index is 12.9. The molecular formula is C21H27N5O3S2. The lowest BCUT2D eigenvalue weighted by Crippen LogP contribution is -2.35. The summed E-state index contributed by atoms with van der Waals surface area (Å²) in [4.78, 5) is 12.7. The van der Waals surface area contributed by atoms with Gasteiger partial charge in [-0.3, -0.25) is 4.79 Å². The maximum Gasteiger partial charge on any atom is 0.243 e. The number of sulfonamides is 1. The van der Waals surface area contributed by atoms with Gasteiger partial charge < -0.3 is 9.88 Å². The molecule has 1 N–H and O–H groups in total. The number of anilines is 1. The standard InChI is InChI=1S/C21H27N5O3S2/c1-2-11-26-20(16-9-10-16)23-24-21(26)30-15-19(27)22-17-7-6-8-18(14-17)31(28,29)25-12-4-3-5-13-25/h2,6-8,14,16H,1,3-5,9-13,15H2,(H,22,27). The van der Waals surface area contributed by atoms with Gasteiger partial charge in [-0.1, -0.05) is 30.3 Å². The minimum absolute atomic E-state index is 0.156. The zero-order valence-electron chi connectivity index (χ0n) is 17.4. The Balaban J connectivity index is 1.39. The van der Waals surface area contributed by atoms with Crippen molar-refractivity contribution >= 4 is 33.4 Å². The highest BCUT2D eigenvalue weighted by atomic mass is 32.2. The van der Waals surface area contributed by atoms with E-state index in [0.717, 1.165) is 37.9 Å². The van der Waals surface area contributed by atoms with Gasteiger partial charge in [0, 0.05) is 31.2 Å². The van der Waals surface area contributed by atoms with Gasteiger partial charge >= 0.3 is 0 Å². The first-order valence-electron chi connectivity index (χ1n) is 10.6. The van der Waals surface area contributed by atoms with Crippen LogP contribution in [-0.2, 0) is 21.4 Å². The van der Waals surface area contributed by atoms with Crippen molar-refractivity contribution in [2.45, 2.75) is 54.6 Å². The van der Waals surface area contributed by atoms with E-state index < -0.39 is 10.0 Å². The number of thioether (sulfide) groups is 1. The topological polar surface area (TPSA) is 97.2 Å². The van der Waals surface area contributed by atoms with E-state index in [-0.39, 0.29) is 16.6 Å². The molecule has 1 aromatic carbocycles. The van der Waals surface area contributed by atoms with Gasteiger partial charge in [-0.05, 0) is 43.9 Å². The molecule has 1 amide bonds. The molecular weight excluding hydrogens is 434 g/mol. The highest BCUT2D eigenvalue weighted by molar-refractivity contribution is 7.99. The van der Waals surface area contributed by atoms with Crippen molar-refractivity contribution in [2.75, 3.05) is 24.2 Å². The summed E-state index contributed by atoms with van der Waals surface area (Å²) in [6.45, 7) is 5.49. The number of piperidine rings is 1. The third kappa shape index (κ3) is 5.19. The summed E-state index contributed by atoms with van der Waals surface area (Å²) in [5, 5.41) is 12.0. The molecule has 0 radical (unpaired) electrons. The zero-order chi connectivity index (χ0) is 21.8. The minimum atomic E-state index is -3.54. The Morgan fingerprint density at radius 1 is 1.23 bits per heavy atom. The van der Waals surface area contributed by atoms with Crippen molar-refractivity contribution in [3.8, 4) is 0 Å². The second-order valence-corrected chi connectivity index (χ2v) is 10.7. The number of carbonyl (C=O) groups excluding carboxylic acids is 1. The van der Waals surface area contributed by atoms with Gasteiger partial charge in [0.1, 0.15) is 5.82 Å². The van der Waals surface area contributed by atoms with Crippen LogP contribution in [0.5, 0.6) is 0 Å². The van der Waals surface area contributed by atoms with Crippen LogP contribution < -0.4 is 5.32 Å². The van der Waals surface area contributed by atoms with E-state index in [2.05, 4.69) is 22.1 Å². The van der Waals surface area contributed by atoms with Crippen molar-refractivity contribution in [2.24, 2.45) is 0 Å². The van der Waals surface area contributed by atoms with Gasteiger partial charge in [-0.15, -0.1) is 16.8 Å². The third-order valence-corrected chi connectivity index (χ3v) is 8.26. The summed E-state index contributed by atoms with van der Waals surface area (Å²) in [5.74, 6) is 1.35. The number of carbonyl (C=O) groups is 1. The van der Waals surface area contributed by atoms with Gasteiger partial charge in [-0.2, -0.15) is 4.31 Å². The molecule has 1 saturated carbocycles. The molecule has 0 spiro atoms. The Morgan fingerprint density at radius 2 is 2.00 bits per heavy atom. The summed E-state index contributed by atoms with van der Waals surface area (Å²) < 4.78 is 29.3. The third-order valence-electron chi connectivity index (χ3n) is 5.40. The molecule has 4 rings (SSSR count). The Hall–Kier alpha value is -2.17. The normalized spacial score (nSPS) is 17.4. The van der Waals surface area contributed by atoms with E-state index in [4.69, 9.17) is 0 Å². The summed E-state index contributed by atoms with van der Waals surface area (Å²) in [5.41, 5.74) is 0.468. The highest BCUT2D eigenvalue weighted by Crippen LogP contribution is 2.40. The molecule has 1 saturated heterocycles. The number of allylic oxidation sites excluding steroid dienone is 1. The van der Waals surface area contributed by atoms with Crippen LogP contribution in [0.1, 0.15) is 43.8 Å². The number of benzene rings is 1. The van der Waals surface area contributed by atoms with Gasteiger partial charge in [0.25, 0.3) is 0 Å². The van der Waals surface area contributed by atoms with E-state index in [9.17, 15) is 13.2 Å². The number of nitrogens with zero attached hydrogens (tertiary/aromatic N) is 4. The molecule has 2 heterocycles. The number of aromatic nitrogens is 3. The monoisotopic (exact) mass is 461 g/mol. The van der Waals surface area contributed by atoms with Crippen LogP contribution in [0.3, 0.4) is 0 Å². The lowest BCUT2D eigenvalue weighted by atomic mass is 10.2. The maximum absolute atomic E-state index is 12.9. The van der Waals surface area contributed by atoms with Crippen molar-refractivity contribution < 1.29 is 13.2 Å². The van der Waals surface area contributed by atoms with Crippen LogP contribution >= 0.6 is 11.8 Å². The number of amides is 1. The molecule has 10 heteroatoms. The van der Waals surface area contributed by atoms with E-state index in [1.165, 1.54) is 22.1 Å². The predicted molar refractivity (Wildman–Crippen MR) is 121 cm³/mol. The second-order valence-electron chi connectivity index (χ2n) is 7.84. The molecule has 2 fully saturated rings. The number of nitrogens with one attached hydrogen (secondary N) is 1. The lowest BCUT2D eigenvalue weighted by molar-refractivity contribution is -0.113. The van der Waals surface area contributed by atoms with E-state index in [1.807, 2.05) is 4.57 Å². The molecule has 166 valence electrons. The fourth-order valence-electron chi connectivity index (χ4n) is 3.67. The average Bonchev–Trinajstić information content (AvgIpc) is 3.55. The van der Waals surface area contributed by atoms with Crippen LogP contribution in [0.25, 0.3) is 0 Å². The van der Waals surface area contributed by atoms with Crippen molar-refractivity contribution in [1.29, 1.82) is 0 Å². The SMILES string of the molecule is C=CCn1c(SCC(=O)Nc2cccc(S(=O)(=O)N3CCCCC3)c2)nnc1C1CC1. The van der Waals surface area contributed by atoms with Crippen molar-refractivity contribution in [1.82, 2.24) is 19.1 Å². The Labute approximate surface area is 187 Å². The average molecular weight is 462 g/mol. The summed E-state index contributed by atoms with van der Waals surface area (Å²) in [7, 11) is -3.54. The number of hydrogen-bond acceptors (Lipinski definition) is 6. The highest BCUT2D eigenvalue weighted by Gasteiger charge is 2.30. The number of hydrogen-bond donors (Lipinski definition) is 1. The summed E-state index contributed by atoms with van der Waals surface area (Å²) in [6.07, 6.45) is 6.86. The van der Waals surface area contributed by atoms with Crippen molar-refractivity contribution in [3.05, 3.63) is 42.7 Å². The van der Waals surface area contributed by atoms with Gasteiger partial charge in [0.15, 0.2) is 5.16 Å². The number of rotatable bonds is 9.